The third kappa shape index (κ3) is 6.44. The normalized spacial score (nSPS) is 11.3. The second-order valence-electron chi connectivity index (χ2n) is 5.80. The van der Waals surface area contributed by atoms with Crippen LogP contribution in [-0.2, 0) is 6.54 Å². The van der Waals surface area contributed by atoms with Crippen molar-refractivity contribution in [3.8, 4) is 0 Å². The number of nitrogens with one attached hydrogen (secondary N) is 1. The van der Waals surface area contributed by atoms with Gasteiger partial charge in [0.2, 0.25) is 0 Å². The van der Waals surface area contributed by atoms with Crippen LogP contribution in [0.1, 0.15) is 57.4 Å². The lowest BCUT2D eigenvalue weighted by atomic mass is 9.94. The number of aryl methyl sites for hydroxylation is 1. The molecule has 1 rings (SSSR count). The maximum Gasteiger partial charge on any atom is 0.273 e. The van der Waals surface area contributed by atoms with Crippen LogP contribution in [-0.4, -0.2) is 33.0 Å². The van der Waals surface area contributed by atoms with Crippen LogP contribution in [0, 0.1) is 5.92 Å². The molecule has 1 aromatic heterocycles. The van der Waals surface area contributed by atoms with E-state index in [0.29, 0.717) is 18.2 Å². The van der Waals surface area contributed by atoms with Gasteiger partial charge in [0.25, 0.3) is 5.91 Å². The van der Waals surface area contributed by atoms with Crippen molar-refractivity contribution in [2.24, 2.45) is 11.7 Å². The fourth-order valence-electron chi connectivity index (χ4n) is 1.75. The van der Waals surface area contributed by atoms with E-state index in [2.05, 4.69) is 29.5 Å². The largest absolute Gasteiger partial charge is 0.349 e. The highest BCUT2D eigenvalue weighted by molar-refractivity contribution is 5.91. The summed E-state index contributed by atoms with van der Waals surface area (Å²) in [5, 5.41) is 10.7. The Hall–Kier alpha value is -1.14. The highest BCUT2D eigenvalue weighted by Gasteiger charge is 2.22. The number of hydrogen-bond donors (Lipinski definition) is 2. The van der Waals surface area contributed by atoms with E-state index < -0.39 is 0 Å². The first-order valence-corrected chi connectivity index (χ1v) is 7.37. The first kappa shape index (κ1) is 19.9. The molecular weight excluding hydrogens is 290 g/mol. The zero-order valence-electron chi connectivity index (χ0n) is 13.4. The molecule has 3 N–H and O–H groups in total. The highest BCUT2D eigenvalue weighted by atomic mass is 35.5. The van der Waals surface area contributed by atoms with E-state index in [1.807, 2.05) is 13.8 Å². The topological polar surface area (TPSA) is 85.8 Å². The van der Waals surface area contributed by atoms with Gasteiger partial charge in [0, 0.05) is 18.6 Å². The van der Waals surface area contributed by atoms with Gasteiger partial charge in [-0.3, -0.25) is 9.48 Å². The maximum absolute atomic E-state index is 12.0. The molecule has 7 heteroatoms. The molecule has 0 spiro atoms. The molecule has 0 unspecified atom stereocenters. The van der Waals surface area contributed by atoms with Gasteiger partial charge in [0.15, 0.2) is 5.69 Å². The number of hydrogen-bond acceptors (Lipinski definition) is 4. The highest BCUT2D eigenvalue weighted by Crippen LogP contribution is 2.09. The van der Waals surface area contributed by atoms with Crippen LogP contribution in [0.25, 0.3) is 0 Å². The Morgan fingerprint density at radius 1 is 1.43 bits per heavy atom. The molecule has 6 nitrogen and oxygen atoms in total. The van der Waals surface area contributed by atoms with E-state index in [4.69, 9.17) is 5.73 Å². The SMILES string of the molecule is CCC(N)(CC)CNC(=O)c1cn(CCC(C)C)nn1.Cl. The molecule has 0 aliphatic carbocycles. The van der Waals surface area contributed by atoms with Gasteiger partial charge in [0.05, 0.1) is 6.20 Å². The number of rotatable bonds is 8. The monoisotopic (exact) mass is 317 g/mol. The summed E-state index contributed by atoms with van der Waals surface area (Å²) in [5.74, 6) is 0.390. The van der Waals surface area contributed by atoms with Crippen LogP contribution < -0.4 is 11.1 Å². The zero-order chi connectivity index (χ0) is 15.2. The summed E-state index contributed by atoms with van der Waals surface area (Å²) in [6.45, 7) is 9.60. The van der Waals surface area contributed by atoms with Gasteiger partial charge in [-0.2, -0.15) is 0 Å². The first-order valence-electron chi connectivity index (χ1n) is 7.37. The number of amides is 1. The summed E-state index contributed by atoms with van der Waals surface area (Å²) < 4.78 is 1.71. The van der Waals surface area contributed by atoms with Crippen LogP contribution in [0.4, 0.5) is 0 Å². The summed E-state index contributed by atoms with van der Waals surface area (Å²) in [7, 11) is 0. The smallest absolute Gasteiger partial charge is 0.273 e. The van der Waals surface area contributed by atoms with Gasteiger partial charge in [-0.15, -0.1) is 17.5 Å². The standard InChI is InChI=1S/C14H27N5O.ClH/c1-5-14(15,6-2)10-16-13(20)12-9-19(18-17-12)8-7-11(3)4;/h9,11H,5-8,10,15H2,1-4H3,(H,16,20);1H. The van der Waals surface area contributed by atoms with Crippen molar-refractivity contribution in [3.05, 3.63) is 11.9 Å². The maximum atomic E-state index is 12.0. The van der Waals surface area contributed by atoms with E-state index in [-0.39, 0.29) is 23.9 Å². The summed E-state index contributed by atoms with van der Waals surface area (Å²) >= 11 is 0. The molecule has 0 aliphatic rings. The van der Waals surface area contributed by atoms with Crippen molar-refractivity contribution in [1.82, 2.24) is 20.3 Å². The minimum atomic E-state index is -0.344. The number of carbonyl (C=O) groups is 1. The Morgan fingerprint density at radius 2 is 2.05 bits per heavy atom. The summed E-state index contributed by atoms with van der Waals surface area (Å²) in [6, 6.07) is 0. The molecule has 122 valence electrons. The Morgan fingerprint density at radius 3 is 2.57 bits per heavy atom. The van der Waals surface area contributed by atoms with Crippen LogP contribution in [0.3, 0.4) is 0 Å². The molecule has 0 aromatic carbocycles. The number of nitrogens with two attached hydrogens (primary N) is 1. The molecule has 0 bridgehead atoms. The van der Waals surface area contributed by atoms with Crippen molar-refractivity contribution in [2.75, 3.05) is 6.54 Å². The van der Waals surface area contributed by atoms with E-state index in [1.54, 1.807) is 10.9 Å². The van der Waals surface area contributed by atoms with Crippen molar-refractivity contribution < 1.29 is 4.79 Å². The van der Waals surface area contributed by atoms with Crippen molar-refractivity contribution in [2.45, 2.75) is 59.0 Å². The lowest BCUT2D eigenvalue weighted by Crippen LogP contribution is -2.49. The van der Waals surface area contributed by atoms with Crippen molar-refractivity contribution in [1.29, 1.82) is 0 Å². The molecular formula is C14H28ClN5O. The van der Waals surface area contributed by atoms with E-state index in [9.17, 15) is 4.79 Å². The minimum Gasteiger partial charge on any atom is -0.349 e. The summed E-state index contributed by atoms with van der Waals surface area (Å²) in [4.78, 5) is 12.0. The third-order valence-electron chi connectivity index (χ3n) is 3.72. The van der Waals surface area contributed by atoms with Gasteiger partial charge in [0.1, 0.15) is 0 Å². The fourth-order valence-corrected chi connectivity index (χ4v) is 1.75. The van der Waals surface area contributed by atoms with Gasteiger partial charge in [-0.25, -0.2) is 0 Å². The Balaban J connectivity index is 0.00000400. The second-order valence-corrected chi connectivity index (χ2v) is 5.80. The molecule has 0 saturated heterocycles. The van der Waals surface area contributed by atoms with Gasteiger partial charge in [-0.05, 0) is 25.2 Å². The van der Waals surface area contributed by atoms with E-state index in [0.717, 1.165) is 25.8 Å². The molecule has 0 saturated carbocycles. The average molecular weight is 318 g/mol. The van der Waals surface area contributed by atoms with Crippen LogP contribution >= 0.6 is 12.4 Å². The lowest BCUT2D eigenvalue weighted by molar-refractivity contribution is 0.0937. The quantitative estimate of drug-likeness (QED) is 0.767. The zero-order valence-corrected chi connectivity index (χ0v) is 14.2. The van der Waals surface area contributed by atoms with Gasteiger partial charge < -0.3 is 11.1 Å². The molecule has 0 atom stereocenters. The number of carbonyl (C=O) groups excluding carboxylic acids is 1. The van der Waals surface area contributed by atoms with E-state index >= 15 is 0 Å². The Bertz CT molecular complexity index is 429. The molecule has 1 heterocycles. The van der Waals surface area contributed by atoms with Crippen LogP contribution in [0.2, 0.25) is 0 Å². The number of halogens is 1. The number of nitrogens with zero attached hydrogens (tertiary/aromatic N) is 3. The Kier molecular flexibility index (Phi) is 8.51. The fraction of sp³-hybridized carbons (Fsp3) is 0.786. The van der Waals surface area contributed by atoms with Gasteiger partial charge in [-0.1, -0.05) is 32.9 Å². The second kappa shape index (κ2) is 9.00. The minimum absolute atomic E-state index is 0. The van der Waals surface area contributed by atoms with Crippen molar-refractivity contribution in [3.63, 3.8) is 0 Å². The molecule has 0 aliphatic heterocycles. The van der Waals surface area contributed by atoms with Crippen LogP contribution in [0.15, 0.2) is 6.20 Å². The first-order chi connectivity index (χ1) is 9.40. The predicted molar refractivity (Wildman–Crippen MR) is 86.6 cm³/mol. The molecule has 1 amide bonds. The summed E-state index contributed by atoms with van der Waals surface area (Å²) in [6.07, 6.45) is 4.35. The van der Waals surface area contributed by atoms with E-state index in [1.165, 1.54) is 0 Å². The van der Waals surface area contributed by atoms with Crippen LogP contribution in [0.5, 0.6) is 0 Å². The molecule has 1 aromatic rings. The molecule has 0 radical (unpaired) electrons. The Labute approximate surface area is 133 Å². The predicted octanol–water partition coefficient (Wildman–Crippen LogP) is 1.99. The lowest BCUT2D eigenvalue weighted by Gasteiger charge is -2.26. The number of aromatic nitrogens is 3. The molecule has 0 fully saturated rings. The molecule has 21 heavy (non-hydrogen) atoms. The van der Waals surface area contributed by atoms with Gasteiger partial charge >= 0.3 is 0 Å². The average Bonchev–Trinajstić information content (AvgIpc) is 2.91. The summed E-state index contributed by atoms with van der Waals surface area (Å²) in [5.41, 5.74) is 6.16. The third-order valence-corrected chi connectivity index (χ3v) is 3.72. The van der Waals surface area contributed by atoms with Crippen molar-refractivity contribution >= 4 is 18.3 Å².